The summed E-state index contributed by atoms with van der Waals surface area (Å²) in [6.45, 7) is -0.780. The van der Waals surface area contributed by atoms with Gasteiger partial charge < -0.3 is 10.6 Å². The molecule has 1 unspecified atom stereocenters. The van der Waals surface area contributed by atoms with E-state index in [0.717, 1.165) is 56.2 Å². The van der Waals surface area contributed by atoms with Gasteiger partial charge in [0.25, 0.3) is 11.8 Å². The number of amides is 3. The minimum Gasteiger partial charge on any atom is -0.383 e. The molecule has 0 radical (unpaired) electrons. The van der Waals surface area contributed by atoms with Crippen molar-refractivity contribution < 1.29 is 18.8 Å². The zero-order valence-electron chi connectivity index (χ0n) is 16.8. The van der Waals surface area contributed by atoms with E-state index in [9.17, 15) is 18.8 Å². The van der Waals surface area contributed by atoms with Crippen LogP contribution in [0.3, 0.4) is 0 Å². The average molecular weight is 412 g/mol. The van der Waals surface area contributed by atoms with E-state index in [2.05, 4.69) is 9.98 Å². The highest BCUT2D eigenvalue weighted by Gasteiger charge is 2.37. The zero-order chi connectivity index (χ0) is 21.3. The molecule has 158 valence electrons. The fraction of sp³-hybridized carbons (Fsp3) is 0.500. The Morgan fingerprint density at radius 2 is 1.97 bits per heavy atom. The molecule has 1 aromatic carbocycles. The van der Waals surface area contributed by atoms with Gasteiger partial charge in [-0.1, -0.05) is 25.0 Å². The third-order valence-corrected chi connectivity index (χ3v) is 6.23. The number of fused-ring (bicyclic) bond motifs is 1. The van der Waals surface area contributed by atoms with Crippen LogP contribution >= 0.6 is 0 Å². The predicted molar refractivity (Wildman–Crippen MR) is 110 cm³/mol. The number of hydrogen-bond donors (Lipinski definition) is 1. The largest absolute Gasteiger partial charge is 0.383 e. The van der Waals surface area contributed by atoms with Crippen LogP contribution in [0.25, 0.3) is 0 Å². The number of nitrogens with zero attached hydrogens (tertiary/aromatic N) is 3. The lowest BCUT2D eigenvalue weighted by Crippen LogP contribution is -2.43. The number of rotatable bonds is 4. The van der Waals surface area contributed by atoms with Crippen molar-refractivity contribution in [2.45, 2.75) is 57.5 Å². The average Bonchev–Trinajstić information content (AvgIpc) is 3.02. The van der Waals surface area contributed by atoms with E-state index in [0.29, 0.717) is 17.7 Å². The summed E-state index contributed by atoms with van der Waals surface area (Å²) in [4.78, 5) is 46.5. The van der Waals surface area contributed by atoms with Crippen LogP contribution in [-0.4, -0.2) is 46.9 Å². The van der Waals surface area contributed by atoms with Gasteiger partial charge in [-0.05, 0) is 43.7 Å². The molecule has 2 fully saturated rings. The third-order valence-electron chi connectivity index (χ3n) is 6.23. The Kier molecular flexibility index (Phi) is 5.74. The van der Waals surface area contributed by atoms with E-state index >= 15 is 0 Å². The molecule has 0 bridgehead atoms. The molecule has 2 N–H and O–H groups in total. The number of aliphatic imine (C=N–C) groups is 2. The van der Waals surface area contributed by atoms with Gasteiger partial charge in [0.1, 0.15) is 5.84 Å². The third kappa shape index (κ3) is 3.91. The molecule has 7 nitrogen and oxygen atoms in total. The van der Waals surface area contributed by atoms with E-state index in [4.69, 9.17) is 5.73 Å². The van der Waals surface area contributed by atoms with Crippen LogP contribution in [0.15, 0.2) is 28.2 Å². The summed E-state index contributed by atoms with van der Waals surface area (Å²) >= 11 is 0. The molecule has 8 heteroatoms. The van der Waals surface area contributed by atoms with Gasteiger partial charge in [0.2, 0.25) is 5.91 Å². The molecule has 0 spiro atoms. The summed E-state index contributed by atoms with van der Waals surface area (Å²) in [5, 5.41) is 0. The minimum absolute atomic E-state index is 0.0448. The van der Waals surface area contributed by atoms with Gasteiger partial charge in [-0.2, -0.15) is 4.99 Å². The van der Waals surface area contributed by atoms with Crippen LogP contribution in [0.5, 0.6) is 0 Å². The number of amidine groups is 1. The van der Waals surface area contributed by atoms with E-state index < -0.39 is 12.6 Å². The quantitative estimate of drug-likeness (QED) is 0.606. The molecule has 2 aliphatic carbocycles. The summed E-state index contributed by atoms with van der Waals surface area (Å²) in [6.07, 6.45) is 6.38. The highest BCUT2D eigenvalue weighted by molar-refractivity contribution is 6.08. The van der Waals surface area contributed by atoms with Crippen molar-refractivity contribution >= 4 is 29.3 Å². The van der Waals surface area contributed by atoms with E-state index in [1.807, 2.05) is 0 Å². The predicted octanol–water partition coefficient (Wildman–Crippen LogP) is 2.55. The van der Waals surface area contributed by atoms with Crippen LogP contribution in [0.1, 0.15) is 66.4 Å². The molecule has 1 aliphatic heterocycles. The Morgan fingerprint density at radius 3 is 2.67 bits per heavy atom. The van der Waals surface area contributed by atoms with E-state index in [-0.39, 0.29) is 29.6 Å². The molecular weight excluding hydrogens is 387 g/mol. The standard InChI is InChI=1S/C22H25FN4O3/c23-11-19(28)26-20(24)14-8-9-15-12-27(22(30)16(15)10-14)18-7-2-1-6-17(18)25-21(29)13-4-3-5-13/h8-10,13,18H,1-7,11-12H2,(H2,24,26,28). The summed E-state index contributed by atoms with van der Waals surface area (Å²) in [5.74, 6) is -1.22. The van der Waals surface area contributed by atoms with Crippen molar-refractivity contribution in [2.75, 3.05) is 6.67 Å². The fourth-order valence-electron chi connectivity index (χ4n) is 4.29. The van der Waals surface area contributed by atoms with Crippen molar-refractivity contribution in [3.05, 3.63) is 34.9 Å². The van der Waals surface area contributed by atoms with Crippen LogP contribution in [-0.2, 0) is 16.1 Å². The number of benzene rings is 1. The lowest BCUT2D eigenvalue weighted by Gasteiger charge is -2.33. The van der Waals surface area contributed by atoms with Crippen molar-refractivity contribution in [3.63, 3.8) is 0 Å². The summed E-state index contributed by atoms with van der Waals surface area (Å²) in [7, 11) is 0. The van der Waals surface area contributed by atoms with Gasteiger partial charge in [-0.15, -0.1) is 0 Å². The first-order chi connectivity index (χ1) is 14.5. The van der Waals surface area contributed by atoms with Gasteiger partial charge in [0.15, 0.2) is 6.67 Å². The zero-order valence-corrected chi connectivity index (χ0v) is 16.8. The molecule has 1 aromatic rings. The SMILES string of the molecule is NC(=NC(=O)CF)c1ccc2c(c1)C(=O)N(C1CCCCC1=NC(=O)C1CCC1)C2. The topological polar surface area (TPSA) is 105 Å². The maximum Gasteiger partial charge on any atom is 0.278 e. The van der Waals surface area contributed by atoms with Crippen molar-refractivity contribution in [3.8, 4) is 0 Å². The summed E-state index contributed by atoms with van der Waals surface area (Å²) in [5.41, 5.74) is 8.36. The second kappa shape index (κ2) is 8.45. The molecule has 1 atom stereocenters. The first-order valence-electron chi connectivity index (χ1n) is 10.5. The molecule has 0 aromatic heterocycles. The Morgan fingerprint density at radius 1 is 1.17 bits per heavy atom. The molecular formula is C22H25FN4O3. The first-order valence-corrected chi connectivity index (χ1v) is 10.5. The first kappa shape index (κ1) is 20.4. The Balaban J connectivity index is 1.56. The van der Waals surface area contributed by atoms with Gasteiger partial charge in [-0.3, -0.25) is 14.4 Å². The van der Waals surface area contributed by atoms with Crippen LogP contribution < -0.4 is 5.73 Å². The number of halogens is 1. The molecule has 0 saturated heterocycles. The summed E-state index contributed by atoms with van der Waals surface area (Å²) in [6, 6.07) is 4.88. The Hall–Kier alpha value is -2.90. The van der Waals surface area contributed by atoms with Gasteiger partial charge in [0, 0.05) is 29.3 Å². The molecule has 3 aliphatic rings. The van der Waals surface area contributed by atoms with Crippen molar-refractivity contribution in [2.24, 2.45) is 21.6 Å². The normalized spacial score (nSPS) is 23.4. The van der Waals surface area contributed by atoms with Crippen molar-refractivity contribution in [1.82, 2.24) is 4.90 Å². The molecule has 3 amide bonds. The molecule has 30 heavy (non-hydrogen) atoms. The number of hydrogen-bond acceptors (Lipinski definition) is 3. The second-order valence-corrected chi connectivity index (χ2v) is 8.16. The maximum absolute atomic E-state index is 13.2. The second-order valence-electron chi connectivity index (χ2n) is 8.16. The molecule has 1 heterocycles. The van der Waals surface area contributed by atoms with Gasteiger partial charge >= 0.3 is 0 Å². The molecule has 4 rings (SSSR count). The Labute approximate surface area is 174 Å². The van der Waals surface area contributed by atoms with Gasteiger partial charge in [0.05, 0.1) is 6.04 Å². The lowest BCUT2D eigenvalue weighted by molar-refractivity contribution is -0.123. The van der Waals surface area contributed by atoms with Gasteiger partial charge in [-0.25, -0.2) is 9.38 Å². The smallest absolute Gasteiger partial charge is 0.278 e. The number of carbonyl (C=O) groups is 3. The number of carbonyl (C=O) groups excluding carboxylic acids is 3. The monoisotopic (exact) mass is 412 g/mol. The van der Waals surface area contributed by atoms with Crippen LogP contribution in [0, 0.1) is 5.92 Å². The number of alkyl halides is 1. The lowest BCUT2D eigenvalue weighted by atomic mass is 9.84. The van der Waals surface area contributed by atoms with Crippen LogP contribution in [0.2, 0.25) is 0 Å². The van der Waals surface area contributed by atoms with E-state index in [1.54, 1.807) is 23.1 Å². The van der Waals surface area contributed by atoms with Crippen molar-refractivity contribution in [1.29, 1.82) is 0 Å². The minimum atomic E-state index is -1.22. The Bertz CT molecular complexity index is 952. The molecule has 2 saturated carbocycles. The fourth-order valence-corrected chi connectivity index (χ4v) is 4.29. The van der Waals surface area contributed by atoms with Crippen LogP contribution in [0.4, 0.5) is 4.39 Å². The highest BCUT2D eigenvalue weighted by Crippen LogP contribution is 2.32. The highest BCUT2D eigenvalue weighted by atomic mass is 19.1. The summed E-state index contributed by atoms with van der Waals surface area (Å²) < 4.78 is 12.4. The number of nitrogens with two attached hydrogens (primary N) is 1. The van der Waals surface area contributed by atoms with E-state index in [1.165, 1.54) is 0 Å². The maximum atomic E-state index is 13.2.